The third-order valence-electron chi connectivity index (χ3n) is 5.61. The first kappa shape index (κ1) is 22.6. The Hall–Kier alpha value is -3.62. The lowest BCUT2D eigenvalue weighted by Crippen LogP contribution is -2.51. The molecule has 3 aromatic rings. The van der Waals surface area contributed by atoms with Crippen LogP contribution in [0.3, 0.4) is 0 Å². The largest absolute Gasteiger partial charge is 0.339 e. The van der Waals surface area contributed by atoms with E-state index < -0.39 is 0 Å². The van der Waals surface area contributed by atoms with Crippen LogP contribution in [0, 0.1) is 11.6 Å². The van der Waals surface area contributed by atoms with Crippen molar-refractivity contribution >= 4 is 11.8 Å². The van der Waals surface area contributed by atoms with E-state index in [0.29, 0.717) is 62.7 Å². The van der Waals surface area contributed by atoms with E-state index in [-0.39, 0.29) is 29.9 Å². The lowest BCUT2D eigenvalue weighted by molar-refractivity contribution is -0.139. The van der Waals surface area contributed by atoms with E-state index >= 15 is 0 Å². The van der Waals surface area contributed by atoms with E-state index in [1.165, 1.54) is 24.3 Å². The number of aromatic nitrogens is 2. The van der Waals surface area contributed by atoms with E-state index in [0.717, 1.165) is 5.56 Å². The van der Waals surface area contributed by atoms with Crippen LogP contribution in [0.15, 0.2) is 53.1 Å². The highest BCUT2D eigenvalue weighted by atomic mass is 19.1. The van der Waals surface area contributed by atoms with Gasteiger partial charge in [0.2, 0.25) is 23.5 Å². The highest BCUT2D eigenvalue weighted by molar-refractivity contribution is 5.80. The van der Waals surface area contributed by atoms with Crippen molar-refractivity contribution in [1.29, 1.82) is 0 Å². The van der Waals surface area contributed by atoms with Crippen LogP contribution in [0.25, 0.3) is 11.4 Å². The predicted octanol–water partition coefficient (Wildman–Crippen LogP) is 3.25. The number of piperazine rings is 1. The van der Waals surface area contributed by atoms with Crippen molar-refractivity contribution in [2.75, 3.05) is 26.2 Å². The minimum Gasteiger partial charge on any atom is -0.339 e. The van der Waals surface area contributed by atoms with E-state index in [1.54, 1.807) is 34.1 Å². The first-order chi connectivity index (χ1) is 16.0. The molecule has 0 unspecified atom stereocenters. The fourth-order valence-electron chi connectivity index (χ4n) is 3.72. The maximum atomic E-state index is 13.0. The smallest absolute Gasteiger partial charge is 0.227 e. The van der Waals surface area contributed by atoms with E-state index in [1.807, 2.05) is 0 Å². The molecule has 9 heteroatoms. The van der Waals surface area contributed by atoms with Crippen molar-refractivity contribution < 1.29 is 22.9 Å². The van der Waals surface area contributed by atoms with Crippen molar-refractivity contribution in [1.82, 2.24) is 19.9 Å². The minimum absolute atomic E-state index is 0.0259. The van der Waals surface area contributed by atoms with Gasteiger partial charge in [0, 0.05) is 44.6 Å². The number of nitrogens with zero attached hydrogens (tertiary/aromatic N) is 4. The van der Waals surface area contributed by atoms with Crippen molar-refractivity contribution in [3.05, 3.63) is 71.6 Å². The Labute approximate surface area is 190 Å². The molecule has 0 atom stereocenters. The summed E-state index contributed by atoms with van der Waals surface area (Å²) >= 11 is 0. The van der Waals surface area contributed by atoms with Gasteiger partial charge in [0.1, 0.15) is 11.6 Å². The maximum Gasteiger partial charge on any atom is 0.227 e. The molecule has 172 valence electrons. The van der Waals surface area contributed by atoms with Gasteiger partial charge in [-0.05, 0) is 48.4 Å². The van der Waals surface area contributed by atoms with Crippen molar-refractivity contribution in [3.63, 3.8) is 0 Å². The van der Waals surface area contributed by atoms with Gasteiger partial charge in [-0.25, -0.2) is 8.78 Å². The van der Waals surface area contributed by atoms with E-state index in [2.05, 4.69) is 10.1 Å². The first-order valence-electron chi connectivity index (χ1n) is 10.9. The van der Waals surface area contributed by atoms with Gasteiger partial charge < -0.3 is 14.3 Å². The number of rotatable bonds is 7. The molecule has 0 saturated carbocycles. The number of carbonyl (C=O) groups is 2. The summed E-state index contributed by atoms with van der Waals surface area (Å²) in [6, 6.07) is 11.7. The summed E-state index contributed by atoms with van der Waals surface area (Å²) in [7, 11) is 0. The van der Waals surface area contributed by atoms with Gasteiger partial charge in [0.15, 0.2) is 0 Å². The van der Waals surface area contributed by atoms with Crippen LogP contribution in [0.4, 0.5) is 8.78 Å². The standard InChI is InChI=1S/C24H24F2N4O3/c25-19-8-4-17(5-9-19)16-23(32)30-14-12-29(13-15-30)22(31)3-1-2-21-27-24(28-33-21)18-6-10-20(26)11-7-18/h4-11H,1-3,12-16H2. The molecule has 4 rings (SSSR count). The number of halogens is 2. The summed E-state index contributed by atoms with van der Waals surface area (Å²) < 4.78 is 31.3. The second kappa shape index (κ2) is 10.3. The zero-order valence-corrected chi connectivity index (χ0v) is 18.0. The molecule has 1 fully saturated rings. The highest BCUT2D eigenvalue weighted by Gasteiger charge is 2.24. The van der Waals surface area contributed by atoms with Gasteiger partial charge in [-0.1, -0.05) is 17.3 Å². The third kappa shape index (κ3) is 6.00. The van der Waals surface area contributed by atoms with Crippen LogP contribution in [-0.4, -0.2) is 57.9 Å². The normalized spacial score (nSPS) is 13.9. The molecule has 33 heavy (non-hydrogen) atoms. The van der Waals surface area contributed by atoms with Gasteiger partial charge >= 0.3 is 0 Å². The summed E-state index contributed by atoms with van der Waals surface area (Å²) in [6.45, 7) is 1.94. The second-order valence-corrected chi connectivity index (χ2v) is 7.94. The highest BCUT2D eigenvalue weighted by Crippen LogP contribution is 2.17. The fraction of sp³-hybridized carbons (Fsp3) is 0.333. The number of hydrogen-bond donors (Lipinski definition) is 0. The van der Waals surface area contributed by atoms with Crippen LogP contribution >= 0.6 is 0 Å². The fourth-order valence-corrected chi connectivity index (χ4v) is 3.72. The zero-order valence-electron chi connectivity index (χ0n) is 18.0. The van der Waals surface area contributed by atoms with Gasteiger partial charge in [-0.2, -0.15) is 4.98 Å². The van der Waals surface area contributed by atoms with Crippen molar-refractivity contribution in [3.8, 4) is 11.4 Å². The SMILES string of the molecule is O=C(CCCc1nc(-c2ccc(F)cc2)no1)N1CCN(C(=O)Cc2ccc(F)cc2)CC1. The predicted molar refractivity (Wildman–Crippen MR) is 116 cm³/mol. The van der Waals surface area contributed by atoms with Crippen LogP contribution in [0.5, 0.6) is 0 Å². The van der Waals surface area contributed by atoms with Crippen molar-refractivity contribution in [2.24, 2.45) is 0 Å². The number of benzene rings is 2. The monoisotopic (exact) mass is 454 g/mol. The quantitative estimate of drug-likeness (QED) is 0.548. The molecule has 1 aliphatic rings. The molecule has 7 nitrogen and oxygen atoms in total. The molecule has 1 aromatic heterocycles. The molecule has 2 amide bonds. The Morgan fingerprint density at radius 2 is 1.42 bits per heavy atom. The summed E-state index contributed by atoms with van der Waals surface area (Å²) in [6.07, 6.45) is 1.60. The molecular formula is C24H24F2N4O3. The summed E-state index contributed by atoms with van der Waals surface area (Å²) in [5.74, 6) is 0.154. The number of hydrogen-bond acceptors (Lipinski definition) is 5. The van der Waals surface area contributed by atoms with Crippen LogP contribution < -0.4 is 0 Å². The molecule has 0 radical (unpaired) electrons. The summed E-state index contributed by atoms with van der Waals surface area (Å²) in [5.41, 5.74) is 1.43. The van der Waals surface area contributed by atoms with Crippen molar-refractivity contribution in [2.45, 2.75) is 25.7 Å². The topological polar surface area (TPSA) is 79.5 Å². The summed E-state index contributed by atoms with van der Waals surface area (Å²) in [4.78, 5) is 32.8. The van der Waals surface area contributed by atoms with Gasteiger partial charge in [0.25, 0.3) is 0 Å². The first-order valence-corrected chi connectivity index (χ1v) is 10.9. The van der Waals surface area contributed by atoms with Crippen LogP contribution in [0.2, 0.25) is 0 Å². The maximum absolute atomic E-state index is 13.0. The summed E-state index contributed by atoms with van der Waals surface area (Å²) in [5, 5.41) is 3.90. The molecule has 2 heterocycles. The molecule has 1 saturated heterocycles. The van der Waals surface area contributed by atoms with Crippen LogP contribution in [0.1, 0.15) is 24.3 Å². The molecule has 0 spiro atoms. The number of carbonyl (C=O) groups excluding carboxylic acids is 2. The van der Waals surface area contributed by atoms with Gasteiger partial charge in [0.05, 0.1) is 6.42 Å². The average molecular weight is 454 g/mol. The number of amides is 2. The average Bonchev–Trinajstić information content (AvgIpc) is 3.30. The second-order valence-electron chi connectivity index (χ2n) is 7.94. The van der Waals surface area contributed by atoms with Gasteiger partial charge in [-0.3, -0.25) is 9.59 Å². The molecule has 0 N–H and O–H groups in total. The zero-order chi connectivity index (χ0) is 23.2. The Kier molecular flexibility index (Phi) is 7.07. The lowest BCUT2D eigenvalue weighted by atomic mass is 10.1. The molecule has 2 aromatic carbocycles. The Morgan fingerprint density at radius 3 is 2.06 bits per heavy atom. The lowest BCUT2D eigenvalue weighted by Gasteiger charge is -2.35. The third-order valence-corrected chi connectivity index (χ3v) is 5.61. The van der Waals surface area contributed by atoms with Gasteiger partial charge in [-0.15, -0.1) is 0 Å². The van der Waals surface area contributed by atoms with Crippen LogP contribution in [-0.2, 0) is 22.4 Å². The Balaban J connectivity index is 1.18. The van der Waals surface area contributed by atoms with E-state index in [9.17, 15) is 18.4 Å². The Morgan fingerprint density at radius 1 is 0.848 bits per heavy atom. The number of aryl methyl sites for hydroxylation is 1. The Bertz CT molecular complexity index is 1090. The molecular weight excluding hydrogens is 430 g/mol. The minimum atomic E-state index is -0.334. The molecule has 0 bridgehead atoms. The molecule has 1 aliphatic heterocycles. The molecule has 0 aliphatic carbocycles. The van der Waals surface area contributed by atoms with E-state index in [4.69, 9.17) is 4.52 Å².